The summed E-state index contributed by atoms with van der Waals surface area (Å²) >= 11 is 0. The Hall–Kier alpha value is -1.78. The van der Waals surface area contributed by atoms with Gasteiger partial charge in [-0.1, -0.05) is 19.1 Å². The van der Waals surface area contributed by atoms with E-state index in [-0.39, 0.29) is 18.4 Å². The van der Waals surface area contributed by atoms with Gasteiger partial charge in [0, 0.05) is 18.0 Å². The molecule has 21 heavy (non-hydrogen) atoms. The highest BCUT2D eigenvalue weighted by Gasteiger charge is 2.14. The lowest BCUT2D eigenvalue weighted by molar-refractivity contribution is 0.0696. The summed E-state index contributed by atoms with van der Waals surface area (Å²) in [6.07, 6.45) is 1.58. The van der Waals surface area contributed by atoms with E-state index in [4.69, 9.17) is 15.3 Å². The van der Waals surface area contributed by atoms with E-state index in [2.05, 4.69) is 0 Å². The zero-order chi connectivity index (χ0) is 14.7. The molecule has 1 unspecified atom stereocenters. The summed E-state index contributed by atoms with van der Waals surface area (Å²) in [4.78, 5) is 11.1. The first kappa shape index (κ1) is 17.3. The highest BCUT2D eigenvalue weighted by atomic mass is 35.5. The van der Waals surface area contributed by atoms with Gasteiger partial charge in [0.2, 0.25) is 0 Å². The average molecular weight is 310 g/mol. The molecule has 1 atom stereocenters. The normalized spacial score (nSPS) is 11.8. The van der Waals surface area contributed by atoms with Crippen LogP contribution in [0.1, 0.15) is 35.0 Å². The van der Waals surface area contributed by atoms with Gasteiger partial charge >= 0.3 is 5.97 Å². The molecular weight excluding hydrogens is 290 g/mol. The first-order valence-electron chi connectivity index (χ1n) is 6.70. The fourth-order valence-corrected chi connectivity index (χ4v) is 2.17. The molecule has 1 aromatic heterocycles. The van der Waals surface area contributed by atoms with Crippen LogP contribution < -0.4 is 5.73 Å². The van der Waals surface area contributed by atoms with E-state index in [1.165, 1.54) is 0 Å². The van der Waals surface area contributed by atoms with Crippen molar-refractivity contribution < 1.29 is 14.3 Å². The van der Waals surface area contributed by atoms with Crippen molar-refractivity contribution in [3.05, 3.63) is 47.2 Å². The van der Waals surface area contributed by atoms with Crippen molar-refractivity contribution in [3.63, 3.8) is 0 Å². The smallest absolute Gasteiger partial charge is 0.335 e. The van der Waals surface area contributed by atoms with Gasteiger partial charge in [0.1, 0.15) is 11.5 Å². The molecule has 5 heteroatoms. The summed E-state index contributed by atoms with van der Waals surface area (Å²) in [5.74, 6) is 0.586. The predicted octanol–water partition coefficient (Wildman–Crippen LogP) is 3.65. The number of carboxylic acids is 1. The highest BCUT2D eigenvalue weighted by molar-refractivity contribution is 5.91. The van der Waals surface area contributed by atoms with Gasteiger partial charge in [-0.25, -0.2) is 4.79 Å². The number of rotatable bonds is 5. The molecule has 0 fully saturated rings. The van der Waals surface area contributed by atoms with Gasteiger partial charge < -0.3 is 15.3 Å². The summed E-state index contributed by atoms with van der Waals surface area (Å²) in [5, 5.41) is 9.15. The number of halogens is 1. The van der Waals surface area contributed by atoms with Crippen molar-refractivity contribution in [3.8, 4) is 11.3 Å². The Morgan fingerprint density at radius 3 is 2.67 bits per heavy atom. The zero-order valence-corrected chi connectivity index (χ0v) is 12.9. The van der Waals surface area contributed by atoms with Crippen molar-refractivity contribution >= 4 is 18.4 Å². The molecule has 2 aromatic rings. The fraction of sp³-hybridized carbons (Fsp3) is 0.312. The molecule has 1 heterocycles. The standard InChI is InChI=1S/C16H19NO3.ClH/c1-3-11(17)9-12-7-8-15(20-12)13-5-4-6-14(10(13)2)16(18)19;/h4-8,11H,3,9,17H2,1-2H3,(H,18,19);1H. The van der Waals surface area contributed by atoms with Crippen molar-refractivity contribution in [2.24, 2.45) is 5.73 Å². The topological polar surface area (TPSA) is 76.5 Å². The molecule has 1 aromatic carbocycles. The quantitative estimate of drug-likeness (QED) is 0.883. The number of carbonyl (C=O) groups is 1. The van der Waals surface area contributed by atoms with Crippen LogP contribution in [0.5, 0.6) is 0 Å². The van der Waals surface area contributed by atoms with Gasteiger partial charge in [0.25, 0.3) is 0 Å². The highest BCUT2D eigenvalue weighted by Crippen LogP contribution is 2.28. The lowest BCUT2D eigenvalue weighted by atomic mass is 10.0. The van der Waals surface area contributed by atoms with Crippen LogP contribution >= 0.6 is 12.4 Å². The number of furan rings is 1. The summed E-state index contributed by atoms with van der Waals surface area (Å²) < 4.78 is 5.78. The number of nitrogens with two attached hydrogens (primary N) is 1. The third-order valence-corrected chi connectivity index (χ3v) is 3.48. The molecule has 0 saturated carbocycles. The Bertz CT molecular complexity index is 622. The molecule has 0 bridgehead atoms. The Morgan fingerprint density at radius 2 is 2.05 bits per heavy atom. The van der Waals surface area contributed by atoms with Gasteiger partial charge in [0.15, 0.2) is 0 Å². The Morgan fingerprint density at radius 1 is 1.33 bits per heavy atom. The van der Waals surface area contributed by atoms with Crippen molar-refractivity contribution in [2.45, 2.75) is 32.7 Å². The van der Waals surface area contributed by atoms with Crippen molar-refractivity contribution in [1.29, 1.82) is 0 Å². The second kappa shape index (κ2) is 7.29. The van der Waals surface area contributed by atoms with E-state index < -0.39 is 5.97 Å². The molecule has 0 aliphatic rings. The third-order valence-electron chi connectivity index (χ3n) is 3.48. The average Bonchev–Trinajstić information content (AvgIpc) is 2.86. The third kappa shape index (κ3) is 3.86. The minimum absolute atomic E-state index is 0. The van der Waals surface area contributed by atoms with E-state index in [9.17, 15) is 4.79 Å². The first-order valence-corrected chi connectivity index (χ1v) is 6.70. The number of hydrogen-bond donors (Lipinski definition) is 2. The van der Waals surface area contributed by atoms with Gasteiger partial charge in [0.05, 0.1) is 5.56 Å². The SMILES string of the molecule is CCC(N)Cc1ccc(-c2cccc(C(=O)O)c2C)o1.Cl. The van der Waals surface area contributed by atoms with Gasteiger partial charge in [-0.3, -0.25) is 0 Å². The van der Waals surface area contributed by atoms with Gasteiger partial charge in [-0.05, 0) is 37.1 Å². The maximum atomic E-state index is 11.1. The van der Waals surface area contributed by atoms with Crippen LogP contribution in [-0.2, 0) is 6.42 Å². The molecule has 4 nitrogen and oxygen atoms in total. The van der Waals surface area contributed by atoms with Crippen LogP contribution in [0, 0.1) is 6.92 Å². The molecule has 114 valence electrons. The number of hydrogen-bond acceptors (Lipinski definition) is 3. The minimum atomic E-state index is -0.927. The van der Waals surface area contributed by atoms with Crippen LogP contribution in [0.15, 0.2) is 34.7 Å². The number of carboxylic acid groups (broad SMARTS) is 1. The maximum Gasteiger partial charge on any atom is 0.335 e. The summed E-state index contributed by atoms with van der Waals surface area (Å²) in [5.41, 5.74) is 7.72. The minimum Gasteiger partial charge on any atom is -0.478 e. The van der Waals surface area contributed by atoms with E-state index in [1.807, 2.05) is 25.1 Å². The van der Waals surface area contributed by atoms with Gasteiger partial charge in [-0.15, -0.1) is 12.4 Å². The maximum absolute atomic E-state index is 11.1. The van der Waals surface area contributed by atoms with Crippen molar-refractivity contribution in [2.75, 3.05) is 0 Å². The summed E-state index contributed by atoms with van der Waals surface area (Å²) in [6, 6.07) is 9.04. The Balaban J connectivity index is 0.00000220. The van der Waals surface area contributed by atoms with Crippen LogP contribution in [0.2, 0.25) is 0 Å². The Kier molecular flexibility index (Phi) is 6.00. The number of aromatic carboxylic acids is 1. The lowest BCUT2D eigenvalue weighted by Crippen LogP contribution is -2.20. The molecule has 3 N–H and O–H groups in total. The van der Waals surface area contributed by atoms with Crippen LogP contribution in [0.25, 0.3) is 11.3 Å². The second-order valence-corrected chi connectivity index (χ2v) is 4.92. The van der Waals surface area contributed by atoms with E-state index in [1.54, 1.807) is 19.1 Å². The van der Waals surface area contributed by atoms with Gasteiger partial charge in [-0.2, -0.15) is 0 Å². The lowest BCUT2D eigenvalue weighted by Gasteiger charge is -2.07. The Labute approximate surface area is 130 Å². The zero-order valence-electron chi connectivity index (χ0n) is 12.1. The molecule has 0 amide bonds. The van der Waals surface area contributed by atoms with E-state index >= 15 is 0 Å². The van der Waals surface area contributed by atoms with Crippen LogP contribution in [0.3, 0.4) is 0 Å². The molecule has 0 aliphatic heterocycles. The van der Waals surface area contributed by atoms with Crippen molar-refractivity contribution in [1.82, 2.24) is 0 Å². The van der Waals surface area contributed by atoms with E-state index in [0.717, 1.165) is 17.7 Å². The largest absolute Gasteiger partial charge is 0.478 e. The predicted molar refractivity (Wildman–Crippen MR) is 85.1 cm³/mol. The summed E-state index contributed by atoms with van der Waals surface area (Å²) in [7, 11) is 0. The molecule has 0 radical (unpaired) electrons. The molecule has 0 saturated heterocycles. The molecule has 0 aliphatic carbocycles. The van der Waals surface area contributed by atoms with E-state index in [0.29, 0.717) is 23.3 Å². The second-order valence-electron chi connectivity index (χ2n) is 4.92. The molecule has 0 spiro atoms. The van der Waals surface area contributed by atoms with Crippen LogP contribution in [-0.4, -0.2) is 17.1 Å². The monoisotopic (exact) mass is 309 g/mol. The molecular formula is C16H20ClNO3. The summed E-state index contributed by atoms with van der Waals surface area (Å²) in [6.45, 7) is 3.83. The molecule has 2 rings (SSSR count). The fourth-order valence-electron chi connectivity index (χ4n) is 2.17. The number of benzene rings is 1. The first-order chi connectivity index (χ1) is 9.52. The van der Waals surface area contributed by atoms with Crippen LogP contribution in [0.4, 0.5) is 0 Å².